The molecule has 2 aromatic carbocycles. The van der Waals surface area contributed by atoms with Crippen molar-refractivity contribution in [1.82, 2.24) is 0 Å². The van der Waals surface area contributed by atoms with E-state index < -0.39 is 5.41 Å². The Morgan fingerprint density at radius 1 is 0.829 bits per heavy atom. The van der Waals surface area contributed by atoms with Crippen LogP contribution in [0.4, 0.5) is 0 Å². The predicted molar refractivity (Wildman–Crippen MR) is 138 cm³/mol. The monoisotopic (exact) mass is 482 g/mol. The van der Waals surface area contributed by atoms with Gasteiger partial charge in [-0.3, -0.25) is 9.59 Å². The van der Waals surface area contributed by atoms with E-state index >= 15 is 0 Å². The number of esters is 1. The van der Waals surface area contributed by atoms with Gasteiger partial charge in [0.2, 0.25) is 6.79 Å². The highest BCUT2D eigenvalue weighted by molar-refractivity contribution is 6.07. The Morgan fingerprint density at radius 2 is 1.43 bits per heavy atom. The maximum absolute atomic E-state index is 12.8. The first-order valence-corrected chi connectivity index (χ1v) is 11.9. The van der Waals surface area contributed by atoms with E-state index in [0.717, 1.165) is 16.9 Å². The van der Waals surface area contributed by atoms with Gasteiger partial charge in [-0.25, -0.2) is 0 Å². The zero-order valence-corrected chi connectivity index (χ0v) is 22.2. The molecule has 0 amide bonds. The third-order valence-corrected chi connectivity index (χ3v) is 5.10. The first-order valence-electron chi connectivity index (χ1n) is 11.9. The van der Waals surface area contributed by atoms with Gasteiger partial charge in [-0.15, -0.1) is 0 Å². The van der Waals surface area contributed by atoms with Crippen molar-refractivity contribution >= 4 is 17.8 Å². The van der Waals surface area contributed by atoms with Crippen molar-refractivity contribution in [2.45, 2.75) is 60.8 Å². The van der Waals surface area contributed by atoms with E-state index in [9.17, 15) is 9.59 Å². The molecule has 190 valence electrons. The average Bonchev–Trinajstić information content (AvgIpc) is 2.77. The summed E-state index contributed by atoms with van der Waals surface area (Å²) < 4.78 is 22.2. The molecule has 6 nitrogen and oxygen atoms in total. The molecule has 0 radical (unpaired) electrons. The van der Waals surface area contributed by atoms with E-state index in [2.05, 4.69) is 20.8 Å². The van der Waals surface area contributed by atoms with Crippen LogP contribution in [0.5, 0.6) is 17.2 Å². The van der Waals surface area contributed by atoms with Crippen LogP contribution < -0.4 is 14.2 Å². The molecule has 0 atom stereocenters. The number of hydrogen-bond acceptors (Lipinski definition) is 6. The SMILES string of the molecule is CCOc1cc(OCC)c(C(C)(C)C)cc1/C=C/C(=O)c1ccc(OCOC(=O)C(C)(C)C)cc1. The molecule has 0 N–H and O–H groups in total. The average molecular weight is 483 g/mol. The standard InChI is InChI=1S/C29H38O6/c1-9-32-25-18-26(33-10-2)23(28(3,4)5)17-21(25)13-16-24(30)20-11-14-22(15-12-20)34-19-35-27(31)29(6,7)8/h11-18H,9-10,19H2,1-8H3/b16-13+. The summed E-state index contributed by atoms with van der Waals surface area (Å²) in [5.41, 5.74) is 1.64. The summed E-state index contributed by atoms with van der Waals surface area (Å²) in [6, 6.07) is 10.6. The van der Waals surface area contributed by atoms with Crippen LogP contribution in [0.2, 0.25) is 0 Å². The number of carbonyl (C=O) groups is 2. The summed E-state index contributed by atoms with van der Waals surface area (Å²) in [5, 5.41) is 0. The molecule has 0 saturated heterocycles. The molecule has 0 fully saturated rings. The van der Waals surface area contributed by atoms with Gasteiger partial charge >= 0.3 is 5.97 Å². The molecule has 0 aliphatic rings. The third-order valence-electron chi connectivity index (χ3n) is 5.10. The van der Waals surface area contributed by atoms with Crippen LogP contribution in [-0.4, -0.2) is 31.8 Å². The fourth-order valence-corrected chi connectivity index (χ4v) is 3.19. The summed E-state index contributed by atoms with van der Waals surface area (Å²) in [7, 11) is 0. The number of hydrogen-bond donors (Lipinski definition) is 0. The van der Waals surface area contributed by atoms with Crippen LogP contribution in [0.3, 0.4) is 0 Å². The number of carbonyl (C=O) groups excluding carboxylic acids is 2. The highest BCUT2D eigenvalue weighted by Gasteiger charge is 2.23. The Bertz CT molecular complexity index is 1040. The van der Waals surface area contributed by atoms with Crippen LogP contribution in [0.1, 0.15) is 76.9 Å². The minimum atomic E-state index is -0.592. The summed E-state index contributed by atoms with van der Waals surface area (Å²) in [6.45, 7) is 16.4. The van der Waals surface area contributed by atoms with Gasteiger partial charge in [0.15, 0.2) is 5.78 Å². The minimum Gasteiger partial charge on any atom is -0.493 e. The van der Waals surface area contributed by atoms with Crippen molar-refractivity contribution in [2.24, 2.45) is 5.41 Å². The van der Waals surface area contributed by atoms with Crippen molar-refractivity contribution < 1.29 is 28.5 Å². The molecule has 2 rings (SSSR count). The lowest BCUT2D eigenvalue weighted by Crippen LogP contribution is -2.24. The van der Waals surface area contributed by atoms with Crippen LogP contribution in [0, 0.1) is 5.41 Å². The molecule has 0 aromatic heterocycles. The van der Waals surface area contributed by atoms with Gasteiger partial charge in [-0.1, -0.05) is 20.8 Å². The van der Waals surface area contributed by atoms with E-state index in [0.29, 0.717) is 30.3 Å². The van der Waals surface area contributed by atoms with Crippen molar-refractivity contribution in [2.75, 3.05) is 20.0 Å². The van der Waals surface area contributed by atoms with Gasteiger partial charge < -0.3 is 18.9 Å². The maximum Gasteiger partial charge on any atom is 0.314 e. The van der Waals surface area contributed by atoms with Gasteiger partial charge in [0, 0.05) is 22.8 Å². The van der Waals surface area contributed by atoms with Gasteiger partial charge in [0.05, 0.1) is 18.6 Å². The van der Waals surface area contributed by atoms with E-state index in [1.54, 1.807) is 51.1 Å². The van der Waals surface area contributed by atoms with Crippen LogP contribution in [0.25, 0.3) is 6.08 Å². The van der Waals surface area contributed by atoms with Gasteiger partial charge in [-0.05, 0) is 82.5 Å². The number of allylic oxidation sites excluding steroid dienone is 1. The van der Waals surface area contributed by atoms with Crippen LogP contribution in [0.15, 0.2) is 42.5 Å². The Morgan fingerprint density at radius 3 is 1.97 bits per heavy atom. The largest absolute Gasteiger partial charge is 0.493 e. The molecule has 35 heavy (non-hydrogen) atoms. The second kappa shape index (κ2) is 11.9. The van der Waals surface area contributed by atoms with E-state index in [1.165, 1.54) is 6.08 Å². The Labute approximate surface area is 209 Å². The van der Waals surface area contributed by atoms with Gasteiger partial charge in [-0.2, -0.15) is 0 Å². The molecule has 0 bridgehead atoms. The highest BCUT2D eigenvalue weighted by Crippen LogP contribution is 2.37. The first-order chi connectivity index (χ1) is 16.4. The van der Waals surface area contributed by atoms with Gasteiger partial charge in [0.1, 0.15) is 17.2 Å². The number of ketones is 1. The van der Waals surface area contributed by atoms with Gasteiger partial charge in [0.25, 0.3) is 0 Å². The zero-order valence-electron chi connectivity index (χ0n) is 22.2. The van der Waals surface area contributed by atoms with Crippen LogP contribution in [-0.2, 0) is 14.9 Å². The highest BCUT2D eigenvalue weighted by atomic mass is 16.7. The van der Waals surface area contributed by atoms with Crippen molar-refractivity contribution in [3.8, 4) is 17.2 Å². The summed E-state index contributed by atoms with van der Waals surface area (Å²) >= 11 is 0. The smallest absolute Gasteiger partial charge is 0.314 e. The summed E-state index contributed by atoms with van der Waals surface area (Å²) in [6.07, 6.45) is 3.31. The molecule has 0 spiro atoms. The molecular weight excluding hydrogens is 444 g/mol. The Balaban J connectivity index is 2.17. The second-order valence-electron chi connectivity index (χ2n) is 10.2. The second-order valence-corrected chi connectivity index (χ2v) is 10.2. The zero-order chi connectivity index (χ0) is 26.2. The first kappa shape index (κ1) is 28.0. The molecule has 0 aliphatic carbocycles. The predicted octanol–water partition coefficient (Wildman–Crippen LogP) is 6.60. The number of rotatable bonds is 10. The van der Waals surface area contributed by atoms with E-state index in [1.807, 2.05) is 26.0 Å². The third kappa shape index (κ3) is 8.16. The summed E-state index contributed by atoms with van der Waals surface area (Å²) in [4.78, 5) is 24.6. The number of ether oxygens (including phenoxy) is 4. The van der Waals surface area contributed by atoms with Crippen LogP contribution >= 0.6 is 0 Å². The van der Waals surface area contributed by atoms with E-state index in [-0.39, 0.29) is 24.0 Å². The lowest BCUT2D eigenvalue weighted by Gasteiger charge is -2.24. The topological polar surface area (TPSA) is 71.1 Å². The molecular formula is C29H38O6. The molecule has 2 aromatic rings. The Kier molecular flexibility index (Phi) is 9.52. The fourth-order valence-electron chi connectivity index (χ4n) is 3.19. The fraction of sp³-hybridized carbons (Fsp3) is 0.448. The van der Waals surface area contributed by atoms with Crippen molar-refractivity contribution in [1.29, 1.82) is 0 Å². The lowest BCUT2D eigenvalue weighted by atomic mass is 9.85. The summed E-state index contributed by atoms with van der Waals surface area (Å²) in [5.74, 6) is 1.47. The lowest BCUT2D eigenvalue weighted by molar-refractivity contribution is -0.159. The normalized spacial score (nSPS) is 11.9. The maximum atomic E-state index is 12.8. The molecule has 0 unspecified atom stereocenters. The molecule has 0 aliphatic heterocycles. The van der Waals surface area contributed by atoms with E-state index in [4.69, 9.17) is 18.9 Å². The molecule has 6 heteroatoms. The van der Waals surface area contributed by atoms with Crippen molar-refractivity contribution in [3.05, 3.63) is 59.2 Å². The molecule has 0 heterocycles. The van der Waals surface area contributed by atoms with Crippen molar-refractivity contribution in [3.63, 3.8) is 0 Å². The quantitative estimate of drug-likeness (QED) is 0.164. The minimum absolute atomic E-state index is 0.140. The molecule has 0 saturated carbocycles. The Hall–Kier alpha value is -3.28. The number of benzene rings is 2.